The van der Waals surface area contributed by atoms with Crippen molar-refractivity contribution in [3.8, 4) is 5.75 Å². The maximum atomic E-state index is 12.8. The number of carbonyl (C=O) groups excluding carboxylic acids is 1. The number of phenolic OH excluding ortho intramolecular Hbond substituents is 1. The fraction of sp³-hybridized carbons (Fsp3) is 0.421. The maximum absolute atomic E-state index is 12.8. The van der Waals surface area contributed by atoms with E-state index in [4.69, 9.17) is 0 Å². The third kappa shape index (κ3) is 2.69. The smallest absolute Gasteiger partial charge is 0.256 e. The molecule has 6 heteroatoms. The lowest BCUT2D eigenvalue weighted by molar-refractivity contribution is 0.0934. The van der Waals surface area contributed by atoms with E-state index in [-0.39, 0.29) is 11.7 Å². The molecule has 2 aliphatic rings. The van der Waals surface area contributed by atoms with Crippen LogP contribution in [0.25, 0.3) is 0 Å². The Balaban J connectivity index is 1.68. The highest BCUT2D eigenvalue weighted by Crippen LogP contribution is 2.42. The zero-order chi connectivity index (χ0) is 17.7. The number of aryl methyl sites for hydroxylation is 1. The number of amides is 1. The Morgan fingerprint density at radius 2 is 2.12 bits per heavy atom. The van der Waals surface area contributed by atoms with Crippen molar-refractivity contribution in [2.45, 2.75) is 45.9 Å². The normalized spacial score (nSPS) is 20.0. The zero-order valence-corrected chi connectivity index (χ0v) is 15.5. The predicted molar refractivity (Wildman–Crippen MR) is 100 cm³/mol. The number of rotatable bonds is 2. The number of hydrogen-bond donors (Lipinski definition) is 3. The van der Waals surface area contributed by atoms with E-state index >= 15 is 0 Å². The van der Waals surface area contributed by atoms with Gasteiger partial charge in [-0.1, -0.05) is 18.2 Å². The Morgan fingerprint density at radius 1 is 1.32 bits per heavy atom. The van der Waals surface area contributed by atoms with Gasteiger partial charge in [0.2, 0.25) is 0 Å². The molecule has 132 valence electrons. The summed E-state index contributed by atoms with van der Waals surface area (Å²) >= 11 is 1.68. The van der Waals surface area contributed by atoms with E-state index in [1.54, 1.807) is 11.3 Å². The fourth-order valence-electron chi connectivity index (χ4n) is 3.65. The number of fused-ring (bicyclic) bond motifs is 3. The molecule has 2 aliphatic heterocycles. The van der Waals surface area contributed by atoms with Gasteiger partial charge < -0.3 is 15.7 Å². The van der Waals surface area contributed by atoms with Crippen LogP contribution >= 0.6 is 11.3 Å². The summed E-state index contributed by atoms with van der Waals surface area (Å²) in [7, 11) is 0. The summed E-state index contributed by atoms with van der Waals surface area (Å²) in [5.74, 6) is 0.186. The number of hydrogen-bond acceptors (Lipinski definition) is 5. The highest BCUT2D eigenvalue weighted by Gasteiger charge is 2.34. The van der Waals surface area contributed by atoms with Crippen LogP contribution in [0, 0.1) is 6.92 Å². The number of para-hydroxylation sites is 1. The molecule has 2 aromatic rings. The van der Waals surface area contributed by atoms with Crippen LogP contribution in [-0.4, -0.2) is 28.5 Å². The molecule has 3 heterocycles. The molecule has 1 atom stereocenters. The number of nitrogens with zero attached hydrogens (tertiary/aromatic N) is 1. The summed E-state index contributed by atoms with van der Waals surface area (Å²) in [6.45, 7) is 8.17. The molecule has 0 bridgehead atoms. The van der Waals surface area contributed by atoms with Crippen molar-refractivity contribution in [3.05, 3.63) is 45.3 Å². The number of phenols is 1. The van der Waals surface area contributed by atoms with Crippen molar-refractivity contribution in [1.82, 2.24) is 10.2 Å². The molecule has 1 aromatic carbocycles. The SMILES string of the molecule is Cc1cccc([C@@H]2NC(=O)c3c(sc4c3CCN(C(C)C)C4)N2)c1O. The van der Waals surface area contributed by atoms with Gasteiger partial charge in [0.1, 0.15) is 16.9 Å². The lowest BCUT2D eigenvalue weighted by Crippen LogP contribution is -2.39. The van der Waals surface area contributed by atoms with Crippen molar-refractivity contribution in [3.63, 3.8) is 0 Å². The molecule has 0 fully saturated rings. The molecule has 0 radical (unpaired) electrons. The van der Waals surface area contributed by atoms with Gasteiger partial charge in [0.05, 0.1) is 5.56 Å². The minimum atomic E-state index is -0.402. The molecule has 0 saturated carbocycles. The number of nitrogens with one attached hydrogen (secondary N) is 2. The van der Waals surface area contributed by atoms with Gasteiger partial charge in [0.15, 0.2) is 0 Å². The van der Waals surface area contributed by atoms with Crippen LogP contribution in [0.2, 0.25) is 0 Å². The van der Waals surface area contributed by atoms with Gasteiger partial charge >= 0.3 is 0 Å². The van der Waals surface area contributed by atoms with Crippen LogP contribution in [0.1, 0.15) is 51.9 Å². The molecular formula is C19H23N3O2S. The van der Waals surface area contributed by atoms with E-state index in [1.165, 1.54) is 10.4 Å². The number of aromatic hydroxyl groups is 1. The Morgan fingerprint density at radius 3 is 2.88 bits per heavy atom. The molecule has 0 saturated heterocycles. The number of carbonyl (C=O) groups is 1. The van der Waals surface area contributed by atoms with E-state index in [2.05, 4.69) is 29.4 Å². The highest BCUT2D eigenvalue weighted by atomic mass is 32.1. The topological polar surface area (TPSA) is 64.6 Å². The fourth-order valence-corrected chi connectivity index (χ4v) is 4.95. The summed E-state index contributed by atoms with van der Waals surface area (Å²) in [6, 6.07) is 6.11. The highest BCUT2D eigenvalue weighted by molar-refractivity contribution is 7.16. The molecule has 25 heavy (non-hydrogen) atoms. The summed E-state index contributed by atoms with van der Waals surface area (Å²) in [6.07, 6.45) is 0.510. The van der Waals surface area contributed by atoms with Crippen LogP contribution in [0.15, 0.2) is 18.2 Å². The Labute approximate surface area is 151 Å². The molecule has 0 aliphatic carbocycles. The van der Waals surface area contributed by atoms with Gasteiger partial charge in [-0.05, 0) is 38.3 Å². The number of thiophene rings is 1. The first-order valence-electron chi connectivity index (χ1n) is 8.70. The third-order valence-electron chi connectivity index (χ3n) is 5.17. The summed E-state index contributed by atoms with van der Waals surface area (Å²) in [5.41, 5.74) is 3.49. The van der Waals surface area contributed by atoms with Gasteiger partial charge in [-0.25, -0.2) is 0 Å². The van der Waals surface area contributed by atoms with Crippen molar-refractivity contribution in [2.75, 3.05) is 11.9 Å². The Kier molecular flexibility index (Phi) is 3.96. The number of benzene rings is 1. The Hall–Kier alpha value is -2.05. The van der Waals surface area contributed by atoms with Crippen LogP contribution < -0.4 is 10.6 Å². The van der Waals surface area contributed by atoms with Gasteiger partial charge in [0, 0.05) is 29.6 Å². The minimum Gasteiger partial charge on any atom is -0.507 e. The molecule has 1 amide bonds. The lowest BCUT2D eigenvalue weighted by atomic mass is 9.99. The van der Waals surface area contributed by atoms with E-state index < -0.39 is 6.17 Å². The van der Waals surface area contributed by atoms with Crippen LogP contribution in [0.3, 0.4) is 0 Å². The van der Waals surface area contributed by atoms with Gasteiger partial charge in [-0.2, -0.15) is 0 Å². The first kappa shape index (κ1) is 16.4. The van der Waals surface area contributed by atoms with Crippen LogP contribution in [0.4, 0.5) is 5.00 Å². The average molecular weight is 357 g/mol. The summed E-state index contributed by atoms with van der Waals surface area (Å²) in [5, 5.41) is 17.7. The number of anilines is 1. The van der Waals surface area contributed by atoms with E-state index in [9.17, 15) is 9.90 Å². The zero-order valence-electron chi connectivity index (χ0n) is 14.7. The van der Waals surface area contributed by atoms with Crippen LogP contribution in [0.5, 0.6) is 5.75 Å². The van der Waals surface area contributed by atoms with Crippen molar-refractivity contribution >= 4 is 22.2 Å². The van der Waals surface area contributed by atoms with Crippen molar-refractivity contribution in [2.24, 2.45) is 0 Å². The van der Waals surface area contributed by atoms with Gasteiger partial charge in [0.25, 0.3) is 5.91 Å². The molecule has 1 aromatic heterocycles. The predicted octanol–water partition coefficient (Wildman–Crippen LogP) is 3.38. The van der Waals surface area contributed by atoms with Gasteiger partial charge in [-0.3, -0.25) is 9.69 Å². The molecule has 0 unspecified atom stereocenters. The second kappa shape index (κ2) is 6.04. The second-order valence-electron chi connectivity index (χ2n) is 7.09. The van der Waals surface area contributed by atoms with E-state index in [0.29, 0.717) is 11.6 Å². The summed E-state index contributed by atoms with van der Waals surface area (Å²) in [4.78, 5) is 16.5. The second-order valence-corrected chi connectivity index (χ2v) is 8.19. The molecular weight excluding hydrogens is 334 g/mol. The van der Waals surface area contributed by atoms with E-state index in [1.807, 2.05) is 25.1 Å². The third-order valence-corrected chi connectivity index (χ3v) is 6.32. The van der Waals surface area contributed by atoms with Crippen LogP contribution in [-0.2, 0) is 13.0 Å². The summed E-state index contributed by atoms with van der Waals surface area (Å²) < 4.78 is 0. The lowest BCUT2D eigenvalue weighted by Gasteiger charge is -2.31. The maximum Gasteiger partial charge on any atom is 0.256 e. The minimum absolute atomic E-state index is 0.0462. The first-order valence-corrected chi connectivity index (χ1v) is 9.51. The standard InChI is InChI=1S/C19H23N3O2S/c1-10(2)22-8-7-12-14(9-22)25-19-15(12)18(24)20-17(21-19)13-6-4-5-11(3)16(13)23/h4-6,10,17,21,23H,7-9H2,1-3H3,(H,20,24)/t17-/m1/s1. The Bertz CT molecular complexity index is 843. The average Bonchev–Trinajstić information content (AvgIpc) is 2.95. The largest absolute Gasteiger partial charge is 0.507 e. The first-order chi connectivity index (χ1) is 12.0. The molecule has 0 spiro atoms. The molecule has 5 nitrogen and oxygen atoms in total. The van der Waals surface area contributed by atoms with Crippen molar-refractivity contribution in [1.29, 1.82) is 0 Å². The molecule has 3 N–H and O–H groups in total. The van der Waals surface area contributed by atoms with Gasteiger partial charge in [-0.15, -0.1) is 11.3 Å². The quantitative estimate of drug-likeness (QED) is 0.771. The van der Waals surface area contributed by atoms with Crippen molar-refractivity contribution < 1.29 is 9.90 Å². The molecule has 4 rings (SSSR count). The van der Waals surface area contributed by atoms with E-state index in [0.717, 1.165) is 35.6 Å². The monoisotopic (exact) mass is 357 g/mol.